The lowest BCUT2D eigenvalue weighted by atomic mass is 9.96. The number of hydrogen-bond donors (Lipinski definition) is 1. The van der Waals surface area contributed by atoms with E-state index in [9.17, 15) is 18.0 Å². The van der Waals surface area contributed by atoms with Crippen LogP contribution < -0.4 is 0 Å². The number of H-pyrrole nitrogens is 1. The van der Waals surface area contributed by atoms with E-state index in [1.165, 1.54) is 4.90 Å². The third-order valence-corrected chi connectivity index (χ3v) is 4.43. The molecule has 4 rings (SSSR count). The molecular weight excluding hydrogens is 337 g/mol. The summed E-state index contributed by atoms with van der Waals surface area (Å²) in [5.41, 5.74) is 1.81. The van der Waals surface area contributed by atoms with E-state index in [1.54, 1.807) is 12.4 Å². The summed E-state index contributed by atoms with van der Waals surface area (Å²) in [6.07, 6.45) is -2.02. The lowest BCUT2D eigenvalue weighted by Crippen LogP contribution is -2.32. The van der Waals surface area contributed by atoms with Gasteiger partial charge < -0.3 is 9.88 Å². The van der Waals surface area contributed by atoms with E-state index in [2.05, 4.69) is 25.4 Å². The molecule has 3 aromatic rings. The van der Waals surface area contributed by atoms with Gasteiger partial charge in [0.1, 0.15) is 6.42 Å². The summed E-state index contributed by atoms with van der Waals surface area (Å²) in [6, 6.07) is 1.85. The van der Waals surface area contributed by atoms with Crippen molar-refractivity contribution in [2.24, 2.45) is 0 Å². The highest BCUT2D eigenvalue weighted by molar-refractivity contribution is 6.03. The number of aromatic nitrogens is 5. The topological polar surface area (TPSA) is 87.7 Å². The van der Waals surface area contributed by atoms with E-state index >= 15 is 0 Å². The van der Waals surface area contributed by atoms with E-state index in [1.807, 2.05) is 6.07 Å². The molecule has 0 saturated carbocycles. The Morgan fingerprint density at radius 1 is 1.32 bits per heavy atom. The first kappa shape index (κ1) is 15.7. The number of rotatable bonds is 2. The van der Waals surface area contributed by atoms with Crippen LogP contribution in [0.3, 0.4) is 0 Å². The molecule has 1 amide bonds. The second kappa shape index (κ2) is 5.64. The van der Waals surface area contributed by atoms with Gasteiger partial charge >= 0.3 is 6.18 Å². The van der Waals surface area contributed by atoms with Crippen molar-refractivity contribution in [3.63, 3.8) is 0 Å². The minimum atomic E-state index is -4.49. The van der Waals surface area contributed by atoms with Crippen LogP contribution in [0, 0.1) is 0 Å². The number of hydrogen-bond acceptors (Lipinski definition) is 5. The van der Waals surface area contributed by atoms with Gasteiger partial charge in [-0.1, -0.05) is 0 Å². The Morgan fingerprint density at radius 2 is 2.16 bits per heavy atom. The molecule has 130 valence electrons. The number of nitrogens with one attached hydrogen (secondary N) is 1. The average Bonchev–Trinajstić information content (AvgIpc) is 3.22. The van der Waals surface area contributed by atoms with Crippen LogP contribution in [0.4, 0.5) is 13.2 Å². The van der Waals surface area contributed by atoms with E-state index in [0.29, 0.717) is 17.7 Å². The molecule has 10 heteroatoms. The first-order chi connectivity index (χ1) is 11.9. The Morgan fingerprint density at radius 3 is 2.96 bits per heavy atom. The Hall–Kier alpha value is -2.78. The van der Waals surface area contributed by atoms with Crippen molar-refractivity contribution >= 4 is 28.0 Å². The zero-order valence-corrected chi connectivity index (χ0v) is 12.9. The predicted octanol–water partition coefficient (Wildman–Crippen LogP) is 2.17. The molecule has 0 aromatic carbocycles. The van der Waals surface area contributed by atoms with E-state index in [0.717, 1.165) is 16.3 Å². The third kappa shape index (κ3) is 2.87. The largest absolute Gasteiger partial charge is 0.397 e. The van der Waals surface area contributed by atoms with Crippen LogP contribution in [0.5, 0.6) is 0 Å². The summed E-state index contributed by atoms with van der Waals surface area (Å²) in [6.45, 7) is 0.516. The smallest absolute Gasteiger partial charge is 0.345 e. The molecule has 0 bridgehead atoms. The molecule has 3 aromatic heterocycles. The van der Waals surface area contributed by atoms with Crippen molar-refractivity contribution in [3.8, 4) is 0 Å². The molecule has 1 unspecified atom stereocenters. The van der Waals surface area contributed by atoms with Gasteiger partial charge in [0, 0.05) is 36.0 Å². The Kier molecular flexibility index (Phi) is 3.55. The predicted molar refractivity (Wildman–Crippen MR) is 81.6 cm³/mol. The lowest BCUT2D eigenvalue weighted by molar-refractivity contribution is -0.160. The summed E-state index contributed by atoms with van der Waals surface area (Å²) < 4.78 is 37.3. The summed E-state index contributed by atoms with van der Waals surface area (Å²) in [4.78, 5) is 16.1. The summed E-state index contributed by atoms with van der Waals surface area (Å²) in [7, 11) is 0. The minimum Gasteiger partial charge on any atom is -0.345 e. The van der Waals surface area contributed by atoms with Gasteiger partial charge in [-0.25, -0.2) is 0 Å². The molecule has 0 aliphatic carbocycles. The van der Waals surface area contributed by atoms with Crippen LogP contribution in [0.15, 0.2) is 18.5 Å². The highest BCUT2D eigenvalue weighted by Crippen LogP contribution is 2.34. The first-order valence-corrected chi connectivity index (χ1v) is 7.72. The van der Waals surface area contributed by atoms with E-state index < -0.39 is 18.5 Å². The number of likely N-dealkylation sites (tertiary alicyclic amines) is 1. The Bertz CT molecular complexity index is 953. The van der Waals surface area contributed by atoms with Crippen molar-refractivity contribution in [2.45, 2.75) is 24.9 Å². The molecular formula is C15H13F3N6O. The van der Waals surface area contributed by atoms with Crippen molar-refractivity contribution in [3.05, 3.63) is 24.0 Å². The molecule has 0 radical (unpaired) electrons. The van der Waals surface area contributed by atoms with Crippen molar-refractivity contribution in [1.82, 2.24) is 30.3 Å². The van der Waals surface area contributed by atoms with Crippen LogP contribution in [0.1, 0.15) is 24.3 Å². The number of carbonyl (C=O) groups excluding carboxylic acids is 1. The number of nitrogens with zero attached hydrogens (tertiary/aromatic N) is 5. The fourth-order valence-electron chi connectivity index (χ4n) is 3.31. The van der Waals surface area contributed by atoms with Gasteiger partial charge in [-0.2, -0.15) is 18.3 Å². The second-order valence-electron chi connectivity index (χ2n) is 6.06. The number of fused-ring (bicyclic) bond motifs is 3. The average molecular weight is 350 g/mol. The van der Waals surface area contributed by atoms with Gasteiger partial charge in [-0.3, -0.25) is 4.79 Å². The number of aromatic amines is 1. The normalized spacial score (nSPS) is 18.4. The molecule has 4 heterocycles. The molecule has 0 spiro atoms. The van der Waals surface area contributed by atoms with Crippen LogP contribution in [-0.4, -0.2) is 55.5 Å². The van der Waals surface area contributed by atoms with E-state index in [-0.39, 0.29) is 19.0 Å². The highest BCUT2D eigenvalue weighted by atomic mass is 19.4. The first-order valence-electron chi connectivity index (χ1n) is 7.72. The fourth-order valence-corrected chi connectivity index (χ4v) is 3.31. The van der Waals surface area contributed by atoms with Crippen molar-refractivity contribution in [1.29, 1.82) is 0 Å². The standard InChI is InChI=1S/C15H13F3N6O/c16-15(17,18)5-11(25)24-4-2-8(7-24)10-6-20-21-14-12(10)9-1-3-19-13(9)22-23-14/h1,3,6,8H,2,4-5,7H2,(H,19,22). The highest BCUT2D eigenvalue weighted by Gasteiger charge is 2.36. The van der Waals surface area contributed by atoms with Crippen LogP contribution in [0.25, 0.3) is 22.1 Å². The Labute approximate surface area is 139 Å². The molecule has 1 saturated heterocycles. The zero-order chi connectivity index (χ0) is 17.6. The van der Waals surface area contributed by atoms with Gasteiger partial charge in [-0.05, 0) is 18.1 Å². The maximum atomic E-state index is 12.4. The molecule has 1 fully saturated rings. The Balaban J connectivity index is 1.67. The molecule has 1 aliphatic rings. The van der Waals surface area contributed by atoms with Gasteiger partial charge in [0.25, 0.3) is 0 Å². The third-order valence-electron chi connectivity index (χ3n) is 4.43. The second-order valence-corrected chi connectivity index (χ2v) is 6.06. The summed E-state index contributed by atoms with van der Waals surface area (Å²) in [5.74, 6) is -1.01. The monoisotopic (exact) mass is 350 g/mol. The molecule has 7 nitrogen and oxygen atoms in total. The SMILES string of the molecule is O=C(CC(F)(F)F)N1CCC(c2cnnc3nnc4[nH]ccc4c23)C1. The minimum absolute atomic E-state index is 0.113. The maximum Gasteiger partial charge on any atom is 0.397 e. The fraction of sp³-hybridized carbons (Fsp3) is 0.400. The van der Waals surface area contributed by atoms with Gasteiger partial charge in [-0.15, -0.1) is 15.3 Å². The van der Waals surface area contributed by atoms with Crippen LogP contribution >= 0.6 is 0 Å². The summed E-state index contributed by atoms with van der Waals surface area (Å²) >= 11 is 0. The number of alkyl halides is 3. The van der Waals surface area contributed by atoms with Crippen LogP contribution in [-0.2, 0) is 4.79 Å². The lowest BCUT2D eigenvalue weighted by Gasteiger charge is -2.18. The number of carbonyl (C=O) groups is 1. The van der Waals surface area contributed by atoms with Gasteiger partial charge in [0.05, 0.1) is 6.20 Å². The number of halogens is 3. The summed E-state index contributed by atoms with van der Waals surface area (Å²) in [5, 5.41) is 17.6. The molecule has 25 heavy (non-hydrogen) atoms. The van der Waals surface area contributed by atoms with Crippen LogP contribution in [0.2, 0.25) is 0 Å². The zero-order valence-electron chi connectivity index (χ0n) is 12.9. The quantitative estimate of drug-likeness (QED) is 0.765. The number of amides is 1. The molecule has 1 atom stereocenters. The van der Waals surface area contributed by atoms with Crippen molar-refractivity contribution < 1.29 is 18.0 Å². The van der Waals surface area contributed by atoms with Gasteiger partial charge in [0.15, 0.2) is 5.65 Å². The van der Waals surface area contributed by atoms with Gasteiger partial charge in [0.2, 0.25) is 11.6 Å². The molecule has 1 N–H and O–H groups in total. The van der Waals surface area contributed by atoms with Crippen molar-refractivity contribution in [2.75, 3.05) is 13.1 Å². The maximum absolute atomic E-state index is 12.4. The van der Waals surface area contributed by atoms with E-state index in [4.69, 9.17) is 0 Å². The molecule has 1 aliphatic heterocycles.